The van der Waals surface area contributed by atoms with Gasteiger partial charge in [-0.2, -0.15) is 0 Å². The van der Waals surface area contributed by atoms with E-state index < -0.39 is 6.04 Å². The summed E-state index contributed by atoms with van der Waals surface area (Å²) in [5, 5.41) is 0.438. The second-order valence-electron chi connectivity index (χ2n) is 5.21. The number of carbonyl (C=O) groups excluding carboxylic acids is 1. The minimum atomic E-state index is -0.594. The van der Waals surface area contributed by atoms with E-state index in [0.717, 1.165) is 25.7 Å². The van der Waals surface area contributed by atoms with Crippen molar-refractivity contribution in [2.75, 3.05) is 0 Å². The SMILES string of the molecule is CCC(C(=O)OC1CCCCC1)n1cc(Cl)ccc1=O. The molecule has 1 atom stereocenters. The molecule has 0 radical (unpaired) electrons. The molecule has 0 aromatic carbocycles. The van der Waals surface area contributed by atoms with Crippen molar-refractivity contribution in [1.82, 2.24) is 4.57 Å². The van der Waals surface area contributed by atoms with Gasteiger partial charge in [0.15, 0.2) is 0 Å². The number of hydrogen-bond donors (Lipinski definition) is 0. The van der Waals surface area contributed by atoms with Crippen molar-refractivity contribution in [3.63, 3.8) is 0 Å². The molecule has 4 nitrogen and oxygen atoms in total. The third kappa shape index (κ3) is 3.63. The van der Waals surface area contributed by atoms with Crippen LogP contribution in [0.4, 0.5) is 0 Å². The van der Waals surface area contributed by atoms with E-state index in [0.29, 0.717) is 11.4 Å². The zero-order valence-electron chi connectivity index (χ0n) is 11.7. The van der Waals surface area contributed by atoms with Crippen LogP contribution in [0.2, 0.25) is 5.02 Å². The average molecular weight is 298 g/mol. The number of ether oxygens (including phenoxy) is 1. The van der Waals surface area contributed by atoms with Gasteiger partial charge in [-0.25, -0.2) is 4.79 Å². The van der Waals surface area contributed by atoms with E-state index in [-0.39, 0.29) is 17.6 Å². The predicted octanol–water partition coefficient (Wildman–Crippen LogP) is 3.33. The maximum atomic E-state index is 12.3. The van der Waals surface area contributed by atoms with Crippen LogP contribution in [0.1, 0.15) is 51.5 Å². The molecule has 1 fully saturated rings. The molecule has 0 N–H and O–H groups in total. The Hall–Kier alpha value is -1.29. The van der Waals surface area contributed by atoms with Gasteiger partial charge in [0.1, 0.15) is 12.1 Å². The quantitative estimate of drug-likeness (QED) is 0.801. The Labute approximate surface area is 123 Å². The third-order valence-corrected chi connectivity index (χ3v) is 3.96. The molecule has 1 heterocycles. The molecule has 0 amide bonds. The number of carbonyl (C=O) groups is 1. The summed E-state index contributed by atoms with van der Waals surface area (Å²) >= 11 is 5.90. The first-order valence-electron chi connectivity index (χ1n) is 7.20. The van der Waals surface area contributed by atoms with Crippen LogP contribution in [0.5, 0.6) is 0 Å². The summed E-state index contributed by atoms with van der Waals surface area (Å²) in [5.41, 5.74) is -0.234. The molecule has 1 aliphatic rings. The molecule has 1 unspecified atom stereocenters. The number of hydrogen-bond acceptors (Lipinski definition) is 3. The van der Waals surface area contributed by atoms with Gasteiger partial charge in [-0.15, -0.1) is 0 Å². The summed E-state index contributed by atoms with van der Waals surface area (Å²) in [4.78, 5) is 24.1. The van der Waals surface area contributed by atoms with Gasteiger partial charge in [0.2, 0.25) is 0 Å². The van der Waals surface area contributed by atoms with E-state index in [9.17, 15) is 9.59 Å². The molecule has 0 spiro atoms. The molecule has 0 saturated heterocycles. The Morgan fingerprint density at radius 3 is 2.75 bits per heavy atom. The summed E-state index contributed by atoms with van der Waals surface area (Å²) in [6.45, 7) is 1.86. The summed E-state index contributed by atoms with van der Waals surface area (Å²) in [5.74, 6) is -0.330. The van der Waals surface area contributed by atoms with Crippen molar-refractivity contribution < 1.29 is 9.53 Å². The molecule has 1 aromatic rings. The fraction of sp³-hybridized carbons (Fsp3) is 0.600. The number of aromatic nitrogens is 1. The van der Waals surface area contributed by atoms with Crippen molar-refractivity contribution in [2.45, 2.75) is 57.6 Å². The van der Waals surface area contributed by atoms with E-state index >= 15 is 0 Å². The molecule has 1 aromatic heterocycles. The summed E-state index contributed by atoms with van der Waals surface area (Å²) in [6.07, 6.45) is 7.27. The lowest BCUT2D eigenvalue weighted by Gasteiger charge is -2.25. The highest BCUT2D eigenvalue weighted by Gasteiger charge is 2.25. The largest absolute Gasteiger partial charge is 0.461 e. The zero-order valence-corrected chi connectivity index (χ0v) is 12.4. The van der Waals surface area contributed by atoms with Crippen molar-refractivity contribution in [3.05, 3.63) is 33.7 Å². The van der Waals surface area contributed by atoms with Gasteiger partial charge in [-0.05, 0) is 38.2 Å². The molecule has 1 aliphatic carbocycles. The van der Waals surface area contributed by atoms with Gasteiger partial charge in [0, 0.05) is 12.3 Å². The van der Waals surface area contributed by atoms with Crippen molar-refractivity contribution >= 4 is 17.6 Å². The normalized spacial score (nSPS) is 17.7. The van der Waals surface area contributed by atoms with Crippen LogP contribution in [0.15, 0.2) is 23.1 Å². The van der Waals surface area contributed by atoms with Gasteiger partial charge in [-0.1, -0.05) is 24.9 Å². The van der Waals surface area contributed by atoms with Crippen molar-refractivity contribution in [2.24, 2.45) is 0 Å². The first kappa shape index (κ1) is 15.1. The number of pyridine rings is 1. The van der Waals surface area contributed by atoms with Crippen LogP contribution < -0.4 is 5.56 Å². The van der Waals surface area contributed by atoms with Crippen LogP contribution in [-0.2, 0) is 9.53 Å². The predicted molar refractivity (Wildman–Crippen MR) is 78.0 cm³/mol. The smallest absolute Gasteiger partial charge is 0.329 e. The van der Waals surface area contributed by atoms with Crippen LogP contribution in [0, 0.1) is 0 Å². The van der Waals surface area contributed by atoms with Crippen LogP contribution >= 0.6 is 11.6 Å². The molecular formula is C15H20ClNO3. The number of halogens is 1. The standard InChI is InChI=1S/C15H20ClNO3/c1-2-13(17-10-11(16)8-9-14(17)18)15(19)20-12-6-4-3-5-7-12/h8-10,12-13H,2-7H2,1H3. The highest BCUT2D eigenvalue weighted by molar-refractivity contribution is 6.30. The molecule has 110 valence electrons. The molecular weight excluding hydrogens is 278 g/mol. The second-order valence-corrected chi connectivity index (χ2v) is 5.65. The monoisotopic (exact) mass is 297 g/mol. The number of nitrogens with zero attached hydrogens (tertiary/aromatic N) is 1. The van der Waals surface area contributed by atoms with E-state index in [1.165, 1.54) is 29.3 Å². The van der Waals surface area contributed by atoms with Crippen LogP contribution in [0.25, 0.3) is 0 Å². The van der Waals surface area contributed by atoms with Gasteiger partial charge >= 0.3 is 5.97 Å². The van der Waals surface area contributed by atoms with E-state index in [1.807, 2.05) is 6.92 Å². The lowest BCUT2D eigenvalue weighted by molar-refractivity contribution is -0.154. The first-order valence-corrected chi connectivity index (χ1v) is 7.57. The summed E-state index contributed by atoms with van der Waals surface area (Å²) in [6, 6.07) is 2.31. The topological polar surface area (TPSA) is 48.3 Å². The molecule has 1 saturated carbocycles. The number of esters is 1. The van der Waals surface area contributed by atoms with E-state index in [1.54, 1.807) is 0 Å². The average Bonchev–Trinajstić information content (AvgIpc) is 2.44. The van der Waals surface area contributed by atoms with E-state index in [2.05, 4.69) is 0 Å². The summed E-state index contributed by atoms with van der Waals surface area (Å²) in [7, 11) is 0. The number of rotatable bonds is 4. The minimum Gasteiger partial charge on any atom is -0.461 e. The summed E-state index contributed by atoms with van der Waals surface area (Å²) < 4.78 is 6.92. The Bertz CT molecular complexity index is 520. The third-order valence-electron chi connectivity index (χ3n) is 3.73. The molecule has 5 heteroatoms. The van der Waals surface area contributed by atoms with Crippen LogP contribution in [-0.4, -0.2) is 16.6 Å². The van der Waals surface area contributed by atoms with Crippen molar-refractivity contribution in [1.29, 1.82) is 0 Å². The molecule has 2 rings (SSSR count). The van der Waals surface area contributed by atoms with Crippen LogP contribution in [0.3, 0.4) is 0 Å². The maximum absolute atomic E-state index is 12.3. The van der Waals surface area contributed by atoms with Gasteiger partial charge in [0.25, 0.3) is 5.56 Å². The lowest BCUT2D eigenvalue weighted by atomic mass is 9.98. The highest BCUT2D eigenvalue weighted by atomic mass is 35.5. The zero-order chi connectivity index (χ0) is 14.5. The second kappa shape index (κ2) is 6.93. The lowest BCUT2D eigenvalue weighted by Crippen LogP contribution is -2.32. The Morgan fingerprint density at radius 1 is 1.40 bits per heavy atom. The Kier molecular flexibility index (Phi) is 5.24. The van der Waals surface area contributed by atoms with Gasteiger partial charge in [-0.3, -0.25) is 9.36 Å². The highest BCUT2D eigenvalue weighted by Crippen LogP contribution is 2.23. The Balaban J connectivity index is 2.12. The maximum Gasteiger partial charge on any atom is 0.329 e. The van der Waals surface area contributed by atoms with Gasteiger partial charge in [0.05, 0.1) is 5.02 Å². The fourth-order valence-electron chi connectivity index (χ4n) is 2.62. The minimum absolute atomic E-state index is 0.000172. The fourth-order valence-corrected chi connectivity index (χ4v) is 2.79. The van der Waals surface area contributed by atoms with Gasteiger partial charge < -0.3 is 4.74 Å². The molecule has 0 aliphatic heterocycles. The first-order chi connectivity index (χ1) is 9.61. The molecule has 20 heavy (non-hydrogen) atoms. The van der Waals surface area contributed by atoms with Crippen molar-refractivity contribution in [3.8, 4) is 0 Å². The Morgan fingerprint density at radius 2 is 2.10 bits per heavy atom. The van der Waals surface area contributed by atoms with E-state index in [4.69, 9.17) is 16.3 Å². The molecule has 0 bridgehead atoms.